The van der Waals surface area contributed by atoms with Crippen molar-refractivity contribution in [1.82, 2.24) is 0 Å². The molecule has 2 aliphatic carbocycles. The van der Waals surface area contributed by atoms with E-state index in [1.807, 2.05) is 13.0 Å². The van der Waals surface area contributed by atoms with Crippen molar-refractivity contribution in [3.63, 3.8) is 0 Å². The number of allylic oxidation sites excluding steroid dienone is 1. The topological polar surface area (TPSA) is 52.8 Å². The fraction of sp³-hybridized carbons (Fsp3) is 0.615. The van der Waals surface area contributed by atoms with Gasteiger partial charge in [-0.3, -0.25) is 0 Å². The van der Waals surface area contributed by atoms with Crippen molar-refractivity contribution in [2.24, 2.45) is 10.6 Å². The molecule has 0 aromatic heterocycles. The lowest BCUT2D eigenvalue weighted by atomic mass is 9.57. The monoisotopic (exact) mass is 219 g/mol. The highest BCUT2D eigenvalue weighted by atomic mass is 16.4. The number of fused-ring (bicyclic) bond motifs is 1. The van der Waals surface area contributed by atoms with Crippen LogP contribution in [0, 0.1) is 17.8 Å². The molecule has 0 bridgehead atoms. The molecule has 0 amide bonds. The molecule has 0 spiro atoms. The second kappa shape index (κ2) is 3.64. The quantitative estimate of drug-likeness (QED) is 0.372. The van der Waals surface area contributed by atoms with Crippen LogP contribution in [-0.4, -0.2) is 21.6 Å². The van der Waals surface area contributed by atoms with Crippen LogP contribution >= 0.6 is 0 Å². The molecule has 3 heteroatoms. The molecular formula is C13H17NO2. The van der Waals surface area contributed by atoms with E-state index in [1.54, 1.807) is 0 Å². The van der Waals surface area contributed by atoms with Crippen molar-refractivity contribution < 1.29 is 10.3 Å². The van der Waals surface area contributed by atoms with Gasteiger partial charge in [0.2, 0.25) is 0 Å². The maximum atomic E-state index is 10.5. The molecule has 0 unspecified atom stereocenters. The minimum absolute atomic E-state index is 0.353. The summed E-state index contributed by atoms with van der Waals surface area (Å²) >= 11 is 0. The van der Waals surface area contributed by atoms with E-state index in [0.29, 0.717) is 18.6 Å². The summed E-state index contributed by atoms with van der Waals surface area (Å²) in [6.45, 7) is 2.02. The van der Waals surface area contributed by atoms with Crippen LogP contribution in [0.15, 0.2) is 16.8 Å². The van der Waals surface area contributed by atoms with E-state index < -0.39 is 5.60 Å². The molecule has 0 aromatic rings. The molecule has 2 N–H and O–H groups in total. The molecule has 2 rings (SSSR count). The summed E-state index contributed by atoms with van der Waals surface area (Å²) < 4.78 is 0. The van der Waals surface area contributed by atoms with E-state index >= 15 is 0 Å². The van der Waals surface area contributed by atoms with Gasteiger partial charge in [-0.2, -0.15) is 0 Å². The van der Waals surface area contributed by atoms with Crippen LogP contribution in [0.1, 0.15) is 39.0 Å². The Morgan fingerprint density at radius 3 is 2.81 bits per heavy atom. The lowest BCUT2D eigenvalue weighted by Gasteiger charge is -2.49. The molecule has 1 fully saturated rings. The van der Waals surface area contributed by atoms with Gasteiger partial charge in [0.1, 0.15) is 5.60 Å². The average molecular weight is 219 g/mol. The molecule has 0 aromatic carbocycles. The van der Waals surface area contributed by atoms with Crippen LogP contribution < -0.4 is 0 Å². The highest BCUT2D eigenvalue weighted by Gasteiger charge is 2.51. The zero-order chi connectivity index (χ0) is 11.8. The van der Waals surface area contributed by atoms with Crippen LogP contribution in [0.2, 0.25) is 0 Å². The molecule has 16 heavy (non-hydrogen) atoms. The van der Waals surface area contributed by atoms with Crippen molar-refractivity contribution in [2.75, 3.05) is 0 Å². The summed E-state index contributed by atoms with van der Waals surface area (Å²) in [5.74, 6) is 2.57. The summed E-state index contributed by atoms with van der Waals surface area (Å²) in [6, 6.07) is 0. The standard InChI is InChI=1S/C13H17NO2/c1-3-13(15)7-4-5-10-9-11(14-16)6-8-12(10,13)2/h1,9,15-16H,4-8H2,2H3/t12-,13+/m0/s1. The van der Waals surface area contributed by atoms with Gasteiger partial charge in [0.25, 0.3) is 0 Å². The van der Waals surface area contributed by atoms with E-state index in [2.05, 4.69) is 11.1 Å². The van der Waals surface area contributed by atoms with Gasteiger partial charge in [-0.15, -0.1) is 6.42 Å². The number of nitrogens with zero attached hydrogens (tertiary/aromatic N) is 1. The molecule has 1 saturated carbocycles. The molecule has 0 radical (unpaired) electrons. The van der Waals surface area contributed by atoms with Gasteiger partial charge in [0, 0.05) is 5.41 Å². The third kappa shape index (κ3) is 1.37. The van der Waals surface area contributed by atoms with Crippen LogP contribution in [-0.2, 0) is 0 Å². The summed E-state index contributed by atoms with van der Waals surface area (Å²) in [7, 11) is 0. The van der Waals surface area contributed by atoms with Gasteiger partial charge < -0.3 is 10.3 Å². The van der Waals surface area contributed by atoms with Crippen LogP contribution in [0.4, 0.5) is 0 Å². The fourth-order valence-corrected chi connectivity index (χ4v) is 2.91. The first-order chi connectivity index (χ1) is 7.55. The van der Waals surface area contributed by atoms with Gasteiger partial charge in [0.05, 0.1) is 5.71 Å². The lowest BCUT2D eigenvalue weighted by molar-refractivity contribution is -0.0324. The Labute approximate surface area is 95.9 Å². The molecule has 2 atom stereocenters. The zero-order valence-corrected chi connectivity index (χ0v) is 9.53. The Balaban J connectivity index is 2.46. The van der Waals surface area contributed by atoms with Crippen molar-refractivity contribution in [1.29, 1.82) is 0 Å². The van der Waals surface area contributed by atoms with E-state index in [4.69, 9.17) is 11.6 Å². The summed E-state index contributed by atoms with van der Waals surface area (Å²) in [4.78, 5) is 0. The Kier molecular flexibility index (Phi) is 2.55. The van der Waals surface area contributed by atoms with Gasteiger partial charge in [0.15, 0.2) is 0 Å². The number of hydrogen-bond donors (Lipinski definition) is 2. The highest BCUT2D eigenvalue weighted by Crippen LogP contribution is 2.52. The summed E-state index contributed by atoms with van der Waals surface area (Å²) in [6.07, 6.45) is 11.3. The van der Waals surface area contributed by atoms with E-state index in [9.17, 15) is 5.11 Å². The Morgan fingerprint density at radius 1 is 1.44 bits per heavy atom. The maximum absolute atomic E-state index is 10.5. The molecular weight excluding hydrogens is 202 g/mol. The first-order valence-electron chi connectivity index (χ1n) is 5.68. The van der Waals surface area contributed by atoms with E-state index in [1.165, 1.54) is 0 Å². The average Bonchev–Trinajstić information content (AvgIpc) is 2.30. The van der Waals surface area contributed by atoms with Crippen LogP contribution in [0.25, 0.3) is 0 Å². The van der Waals surface area contributed by atoms with Crippen LogP contribution in [0.3, 0.4) is 0 Å². The lowest BCUT2D eigenvalue weighted by Crippen LogP contribution is -2.50. The predicted octanol–water partition coefficient (Wildman–Crippen LogP) is 2.09. The molecule has 3 nitrogen and oxygen atoms in total. The van der Waals surface area contributed by atoms with Gasteiger partial charge in [-0.25, -0.2) is 0 Å². The van der Waals surface area contributed by atoms with Crippen molar-refractivity contribution in [2.45, 2.75) is 44.6 Å². The number of oxime groups is 1. The number of hydrogen-bond acceptors (Lipinski definition) is 3. The Bertz CT molecular complexity index is 405. The number of aliphatic hydroxyl groups is 1. The Hall–Kier alpha value is -1.27. The maximum Gasteiger partial charge on any atom is 0.134 e. The third-order valence-electron chi connectivity index (χ3n) is 4.20. The molecule has 0 saturated heterocycles. The third-order valence-corrected chi connectivity index (χ3v) is 4.20. The van der Waals surface area contributed by atoms with Gasteiger partial charge >= 0.3 is 0 Å². The first-order valence-corrected chi connectivity index (χ1v) is 5.68. The molecule has 0 heterocycles. The number of terminal acetylenes is 1. The van der Waals surface area contributed by atoms with Gasteiger partial charge in [-0.1, -0.05) is 23.6 Å². The predicted molar refractivity (Wildman–Crippen MR) is 62.3 cm³/mol. The first kappa shape index (κ1) is 11.2. The smallest absolute Gasteiger partial charge is 0.134 e. The van der Waals surface area contributed by atoms with Gasteiger partial charge in [-0.05, 0) is 38.2 Å². The molecule has 0 aliphatic heterocycles. The minimum Gasteiger partial charge on any atom is -0.411 e. The van der Waals surface area contributed by atoms with Crippen molar-refractivity contribution in [3.05, 3.63) is 11.6 Å². The minimum atomic E-state index is -1.04. The van der Waals surface area contributed by atoms with Crippen molar-refractivity contribution in [3.8, 4) is 12.3 Å². The largest absolute Gasteiger partial charge is 0.411 e. The molecule has 2 aliphatic rings. The molecule has 86 valence electrons. The van der Waals surface area contributed by atoms with Crippen LogP contribution in [0.5, 0.6) is 0 Å². The zero-order valence-electron chi connectivity index (χ0n) is 9.53. The SMILES string of the molecule is C#C[C@@]1(O)CCCC2=CC(=NO)CC[C@@]21C. The normalized spacial score (nSPS) is 41.1. The van der Waals surface area contributed by atoms with E-state index in [-0.39, 0.29) is 5.41 Å². The highest BCUT2D eigenvalue weighted by molar-refractivity contribution is 5.96. The fourth-order valence-electron chi connectivity index (χ4n) is 2.91. The summed E-state index contributed by atoms with van der Waals surface area (Å²) in [5, 5.41) is 22.6. The van der Waals surface area contributed by atoms with Crippen molar-refractivity contribution >= 4 is 5.71 Å². The number of rotatable bonds is 0. The van der Waals surface area contributed by atoms with E-state index in [0.717, 1.165) is 24.8 Å². The second-order valence-electron chi connectivity index (χ2n) is 4.95. The second-order valence-corrected chi connectivity index (χ2v) is 4.95. The summed E-state index contributed by atoms with van der Waals surface area (Å²) in [5.41, 5.74) is 0.415. The Morgan fingerprint density at radius 2 is 2.19 bits per heavy atom.